The van der Waals surface area contributed by atoms with Gasteiger partial charge in [0, 0.05) is 5.56 Å². The summed E-state index contributed by atoms with van der Waals surface area (Å²) in [5, 5.41) is 0. The molecule has 14 heavy (non-hydrogen) atoms. The van der Waals surface area contributed by atoms with Crippen molar-refractivity contribution in [3.8, 4) is 6.01 Å². The van der Waals surface area contributed by atoms with Crippen molar-refractivity contribution >= 4 is 0 Å². The van der Waals surface area contributed by atoms with Crippen LogP contribution >= 0.6 is 0 Å². The number of rotatable bonds is 4. The van der Waals surface area contributed by atoms with Crippen molar-refractivity contribution in [2.24, 2.45) is 0 Å². The van der Waals surface area contributed by atoms with Gasteiger partial charge in [0.05, 0.1) is 12.3 Å². The van der Waals surface area contributed by atoms with Crippen LogP contribution in [0.2, 0.25) is 0 Å². The fourth-order valence-electron chi connectivity index (χ4n) is 1.00. The molecule has 78 valence electrons. The predicted octanol–water partition coefficient (Wildman–Crippen LogP) is 1.57. The second-order valence-electron chi connectivity index (χ2n) is 3.28. The highest BCUT2D eigenvalue weighted by Gasteiger charge is 2.03. The molecule has 0 saturated carbocycles. The maximum Gasteiger partial charge on any atom is 0.296 e. The van der Waals surface area contributed by atoms with E-state index in [2.05, 4.69) is 16.9 Å². The highest BCUT2D eigenvalue weighted by atomic mass is 16.5. The molecule has 1 rings (SSSR count). The number of nitrogens with one attached hydrogen (secondary N) is 1. The molecule has 0 bridgehead atoms. The third-order valence-electron chi connectivity index (χ3n) is 2.11. The molecule has 0 amide bonds. The molecule has 1 aromatic heterocycles. The van der Waals surface area contributed by atoms with Gasteiger partial charge in [-0.15, -0.1) is 0 Å². The molecule has 1 N–H and O–H groups in total. The first-order valence-electron chi connectivity index (χ1n) is 4.85. The zero-order chi connectivity index (χ0) is 10.6. The van der Waals surface area contributed by atoms with E-state index in [1.807, 2.05) is 0 Å². The van der Waals surface area contributed by atoms with Gasteiger partial charge in [-0.05, 0) is 20.3 Å². The van der Waals surface area contributed by atoms with E-state index in [0.29, 0.717) is 18.2 Å². The van der Waals surface area contributed by atoms with Crippen LogP contribution in [0.1, 0.15) is 31.0 Å². The molecule has 4 nitrogen and oxygen atoms in total. The van der Waals surface area contributed by atoms with Crippen molar-refractivity contribution in [1.29, 1.82) is 0 Å². The zero-order valence-corrected chi connectivity index (χ0v) is 8.89. The molecule has 0 saturated heterocycles. The van der Waals surface area contributed by atoms with Crippen LogP contribution in [0, 0.1) is 13.8 Å². The van der Waals surface area contributed by atoms with Crippen LogP contribution in [0.4, 0.5) is 0 Å². The lowest BCUT2D eigenvalue weighted by atomic mass is 10.3. The van der Waals surface area contributed by atoms with Gasteiger partial charge < -0.3 is 4.74 Å². The molecule has 0 fully saturated rings. The topological polar surface area (TPSA) is 55.0 Å². The van der Waals surface area contributed by atoms with Gasteiger partial charge in [0.1, 0.15) is 0 Å². The summed E-state index contributed by atoms with van der Waals surface area (Å²) in [4.78, 5) is 18.0. The molecule has 0 radical (unpaired) electrons. The second kappa shape index (κ2) is 4.79. The summed E-state index contributed by atoms with van der Waals surface area (Å²) in [6.07, 6.45) is 2.03. The highest BCUT2D eigenvalue weighted by molar-refractivity contribution is 5.15. The van der Waals surface area contributed by atoms with Gasteiger partial charge >= 0.3 is 0 Å². The summed E-state index contributed by atoms with van der Waals surface area (Å²) in [6.45, 7) is 6.23. The number of H-pyrrole nitrogens is 1. The molecule has 0 aliphatic carbocycles. The zero-order valence-electron chi connectivity index (χ0n) is 8.89. The first-order valence-corrected chi connectivity index (χ1v) is 4.85. The lowest BCUT2D eigenvalue weighted by molar-refractivity contribution is 0.283. The molecule has 0 aromatic carbocycles. The molecule has 1 aromatic rings. The predicted molar refractivity (Wildman–Crippen MR) is 54.7 cm³/mol. The molecule has 0 atom stereocenters. The SMILES string of the molecule is CCCCOc1nc(C)c(C)c(=O)[nH]1. The quantitative estimate of drug-likeness (QED) is 0.743. The fraction of sp³-hybridized carbons (Fsp3) is 0.600. The van der Waals surface area contributed by atoms with Gasteiger partial charge in [-0.2, -0.15) is 0 Å². The van der Waals surface area contributed by atoms with E-state index >= 15 is 0 Å². The Bertz CT molecular complexity index is 358. The van der Waals surface area contributed by atoms with E-state index in [4.69, 9.17) is 4.74 Å². The summed E-state index contributed by atoms with van der Waals surface area (Å²) >= 11 is 0. The summed E-state index contributed by atoms with van der Waals surface area (Å²) in [5.74, 6) is 0. The molecular formula is C10H16N2O2. The average Bonchev–Trinajstić information content (AvgIpc) is 2.14. The smallest absolute Gasteiger partial charge is 0.296 e. The molecule has 1 heterocycles. The number of nitrogens with zero attached hydrogens (tertiary/aromatic N) is 1. The first-order chi connectivity index (χ1) is 6.65. The standard InChI is InChI=1S/C10H16N2O2/c1-4-5-6-14-10-11-8(3)7(2)9(13)12-10/h4-6H2,1-3H3,(H,11,12,13). The summed E-state index contributed by atoms with van der Waals surface area (Å²) in [7, 11) is 0. The van der Waals surface area contributed by atoms with E-state index in [9.17, 15) is 4.79 Å². The van der Waals surface area contributed by atoms with Crippen LogP contribution < -0.4 is 10.3 Å². The van der Waals surface area contributed by atoms with Gasteiger partial charge in [0.25, 0.3) is 11.6 Å². The van der Waals surface area contributed by atoms with E-state index in [-0.39, 0.29) is 5.56 Å². The van der Waals surface area contributed by atoms with Crippen molar-refractivity contribution < 1.29 is 4.74 Å². The number of unbranched alkanes of at least 4 members (excludes halogenated alkanes) is 1. The summed E-state index contributed by atoms with van der Waals surface area (Å²) in [5.41, 5.74) is 1.25. The van der Waals surface area contributed by atoms with Crippen molar-refractivity contribution in [1.82, 2.24) is 9.97 Å². The highest BCUT2D eigenvalue weighted by Crippen LogP contribution is 2.03. The van der Waals surface area contributed by atoms with Crippen LogP contribution in [0.25, 0.3) is 0 Å². The van der Waals surface area contributed by atoms with E-state index in [1.165, 1.54) is 0 Å². The molecule has 0 spiro atoms. The van der Waals surface area contributed by atoms with Crippen molar-refractivity contribution in [3.63, 3.8) is 0 Å². The molecule has 0 aliphatic rings. The Morgan fingerprint density at radius 3 is 2.71 bits per heavy atom. The monoisotopic (exact) mass is 196 g/mol. The van der Waals surface area contributed by atoms with Crippen LogP contribution in [0.3, 0.4) is 0 Å². The molecular weight excluding hydrogens is 180 g/mol. The Kier molecular flexibility index (Phi) is 3.68. The van der Waals surface area contributed by atoms with Crippen LogP contribution in [-0.4, -0.2) is 16.6 Å². The fourth-order valence-corrected chi connectivity index (χ4v) is 1.00. The summed E-state index contributed by atoms with van der Waals surface area (Å²) in [6, 6.07) is 0.326. The Morgan fingerprint density at radius 2 is 2.14 bits per heavy atom. The number of hydrogen-bond acceptors (Lipinski definition) is 3. The normalized spacial score (nSPS) is 10.2. The number of aromatic amines is 1. The van der Waals surface area contributed by atoms with Crippen LogP contribution in [-0.2, 0) is 0 Å². The minimum absolute atomic E-state index is 0.121. The third kappa shape index (κ3) is 2.58. The number of ether oxygens (including phenoxy) is 1. The van der Waals surface area contributed by atoms with Crippen LogP contribution in [0.5, 0.6) is 6.01 Å². The van der Waals surface area contributed by atoms with Gasteiger partial charge in [0.15, 0.2) is 0 Å². The maximum absolute atomic E-state index is 11.3. The lowest BCUT2D eigenvalue weighted by Crippen LogP contribution is -2.15. The minimum atomic E-state index is -0.121. The molecule has 4 heteroatoms. The lowest BCUT2D eigenvalue weighted by Gasteiger charge is -2.05. The number of aryl methyl sites for hydroxylation is 1. The maximum atomic E-state index is 11.3. The first kappa shape index (κ1) is 10.8. The van der Waals surface area contributed by atoms with Gasteiger partial charge in [0.2, 0.25) is 0 Å². The van der Waals surface area contributed by atoms with Crippen LogP contribution in [0.15, 0.2) is 4.79 Å². The molecule has 0 aliphatic heterocycles. The van der Waals surface area contributed by atoms with Crippen molar-refractivity contribution in [2.45, 2.75) is 33.6 Å². The van der Waals surface area contributed by atoms with E-state index < -0.39 is 0 Å². The second-order valence-corrected chi connectivity index (χ2v) is 3.28. The van der Waals surface area contributed by atoms with E-state index in [0.717, 1.165) is 18.5 Å². The van der Waals surface area contributed by atoms with Gasteiger partial charge in [-0.3, -0.25) is 9.78 Å². The Labute approximate surface area is 83.3 Å². The summed E-state index contributed by atoms with van der Waals surface area (Å²) < 4.78 is 5.30. The minimum Gasteiger partial charge on any atom is -0.465 e. The largest absolute Gasteiger partial charge is 0.465 e. The van der Waals surface area contributed by atoms with E-state index in [1.54, 1.807) is 13.8 Å². The Balaban J connectivity index is 2.75. The van der Waals surface area contributed by atoms with Gasteiger partial charge in [-0.1, -0.05) is 13.3 Å². The number of hydrogen-bond donors (Lipinski definition) is 1. The van der Waals surface area contributed by atoms with Crippen molar-refractivity contribution in [3.05, 3.63) is 21.6 Å². The Morgan fingerprint density at radius 1 is 1.43 bits per heavy atom. The Hall–Kier alpha value is -1.32. The number of aromatic nitrogens is 2. The van der Waals surface area contributed by atoms with Crippen molar-refractivity contribution in [2.75, 3.05) is 6.61 Å². The molecule has 0 unspecified atom stereocenters. The van der Waals surface area contributed by atoms with Gasteiger partial charge in [-0.25, -0.2) is 4.98 Å². The average molecular weight is 196 g/mol. The third-order valence-corrected chi connectivity index (χ3v) is 2.11.